The summed E-state index contributed by atoms with van der Waals surface area (Å²) in [4.78, 5) is 9.28. The first kappa shape index (κ1) is 23.1. The van der Waals surface area contributed by atoms with Gasteiger partial charge in [0.05, 0.1) is 22.6 Å². The van der Waals surface area contributed by atoms with Crippen molar-refractivity contribution >= 4 is 23.4 Å². The summed E-state index contributed by atoms with van der Waals surface area (Å²) >= 11 is 1.83. The number of thioether (sulfide) groups is 1. The van der Waals surface area contributed by atoms with Gasteiger partial charge in [0.15, 0.2) is 0 Å². The molecule has 0 fully saturated rings. The van der Waals surface area contributed by atoms with Gasteiger partial charge in [-0.1, -0.05) is 69.0 Å². The molecule has 0 bridgehead atoms. The Balaban J connectivity index is 1.63. The Kier molecular flexibility index (Phi) is 8.14. The van der Waals surface area contributed by atoms with Crippen LogP contribution in [0.15, 0.2) is 78.0 Å². The minimum Gasteiger partial charge on any atom is -0.324 e. The summed E-state index contributed by atoms with van der Waals surface area (Å²) in [5.41, 5.74) is 5.07. The van der Waals surface area contributed by atoms with Gasteiger partial charge < -0.3 is 5.32 Å². The van der Waals surface area contributed by atoms with Crippen LogP contribution < -0.4 is 5.32 Å². The van der Waals surface area contributed by atoms with Crippen molar-refractivity contribution in [2.45, 2.75) is 51.0 Å². The lowest BCUT2D eigenvalue weighted by atomic mass is 10.2. The number of unbranched alkanes of at least 4 members (excludes halogenated alkanes) is 4. The third kappa shape index (κ3) is 6.02. The van der Waals surface area contributed by atoms with Crippen LogP contribution in [0.25, 0.3) is 16.9 Å². The number of rotatable bonds is 11. The van der Waals surface area contributed by atoms with E-state index in [-0.39, 0.29) is 0 Å². The summed E-state index contributed by atoms with van der Waals surface area (Å²) in [7, 11) is 0. The van der Waals surface area contributed by atoms with Crippen molar-refractivity contribution in [2.24, 2.45) is 0 Å². The molecule has 1 N–H and O–H groups in total. The van der Waals surface area contributed by atoms with E-state index in [9.17, 15) is 0 Å². The van der Waals surface area contributed by atoms with Crippen LogP contribution in [0.1, 0.15) is 44.7 Å². The van der Waals surface area contributed by atoms with E-state index in [1.165, 1.54) is 32.1 Å². The predicted octanol–water partition coefficient (Wildman–Crippen LogP) is 7.44. The van der Waals surface area contributed by atoms with Crippen molar-refractivity contribution in [1.29, 1.82) is 0 Å². The quantitative estimate of drug-likeness (QED) is 0.187. The summed E-state index contributed by atoms with van der Waals surface area (Å²) in [6.45, 7) is 4.37. The summed E-state index contributed by atoms with van der Waals surface area (Å²) in [6, 6.07) is 22.3. The second kappa shape index (κ2) is 11.7. The van der Waals surface area contributed by atoms with Gasteiger partial charge in [0.1, 0.15) is 5.03 Å². The maximum absolute atomic E-state index is 5.00. The maximum atomic E-state index is 5.00. The highest BCUT2D eigenvalue weighted by Crippen LogP contribution is 2.35. The number of hydrogen-bond donors (Lipinski definition) is 1. The van der Waals surface area contributed by atoms with Gasteiger partial charge in [-0.15, -0.1) is 11.8 Å². The number of nitrogens with zero attached hydrogens (tertiary/aromatic N) is 4. The summed E-state index contributed by atoms with van der Waals surface area (Å²) in [5, 5.41) is 9.33. The second-order valence-corrected chi connectivity index (χ2v) is 9.12. The smallest absolute Gasteiger partial charge is 0.227 e. The van der Waals surface area contributed by atoms with Crippen LogP contribution in [0.5, 0.6) is 0 Å². The molecule has 0 aliphatic carbocycles. The van der Waals surface area contributed by atoms with Gasteiger partial charge >= 0.3 is 0 Å². The third-order valence-electron chi connectivity index (χ3n) is 5.51. The molecule has 6 heteroatoms. The Morgan fingerprint density at radius 2 is 1.61 bits per heavy atom. The fraction of sp³-hybridized carbons (Fsp3) is 0.296. The van der Waals surface area contributed by atoms with Crippen LogP contribution in [0.4, 0.5) is 11.6 Å². The molecular formula is C27H31N5S. The van der Waals surface area contributed by atoms with E-state index in [4.69, 9.17) is 10.1 Å². The molecule has 0 aliphatic heterocycles. The average Bonchev–Trinajstić information content (AvgIpc) is 3.18. The molecule has 0 unspecified atom stereocenters. The molecule has 2 heterocycles. The van der Waals surface area contributed by atoms with Crippen LogP contribution in [0.3, 0.4) is 0 Å². The maximum Gasteiger partial charge on any atom is 0.227 e. The zero-order valence-electron chi connectivity index (χ0n) is 19.4. The van der Waals surface area contributed by atoms with Crippen molar-refractivity contribution in [3.8, 4) is 16.9 Å². The molecule has 0 saturated carbocycles. The zero-order chi connectivity index (χ0) is 22.9. The van der Waals surface area contributed by atoms with Gasteiger partial charge in [-0.25, -0.2) is 14.6 Å². The van der Waals surface area contributed by atoms with Gasteiger partial charge in [-0.05, 0) is 49.4 Å². The molecule has 2 aromatic carbocycles. The lowest BCUT2D eigenvalue weighted by Crippen LogP contribution is -2.00. The Morgan fingerprint density at radius 3 is 2.36 bits per heavy atom. The van der Waals surface area contributed by atoms with Crippen LogP contribution in [0.2, 0.25) is 0 Å². The zero-order valence-corrected chi connectivity index (χ0v) is 20.2. The third-order valence-corrected chi connectivity index (χ3v) is 6.57. The number of benzene rings is 2. The lowest BCUT2D eigenvalue weighted by Gasteiger charge is -2.08. The van der Waals surface area contributed by atoms with Crippen molar-refractivity contribution < 1.29 is 0 Å². The fourth-order valence-electron chi connectivity index (χ4n) is 3.78. The van der Waals surface area contributed by atoms with Crippen LogP contribution in [-0.4, -0.2) is 25.5 Å². The number of aromatic nitrogens is 4. The first-order valence-electron chi connectivity index (χ1n) is 11.7. The highest BCUT2D eigenvalue weighted by Gasteiger charge is 2.19. The van der Waals surface area contributed by atoms with E-state index in [1.807, 2.05) is 77.2 Å². The molecule has 5 nitrogen and oxygen atoms in total. The number of anilines is 2. The van der Waals surface area contributed by atoms with Crippen molar-refractivity contribution in [2.75, 3.05) is 11.1 Å². The van der Waals surface area contributed by atoms with E-state index < -0.39 is 0 Å². The lowest BCUT2D eigenvalue weighted by molar-refractivity contribution is 0.659. The molecule has 0 atom stereocenters. The van der Waals surface area contributed by atoms with E-state index in [1.54, 1.807) is 0 Å². The molecule has 0 saturated heterocycles. The number of para-hydroxylation sites is 2. The van der Waals surface area contributed by atoms with Gasteiger partial charge in [-0.3, -0.25) is 0 Å². The molecular weight excluding hydrogens is 426 g/mol. The molecule has 4 rings (SSSR count). The standard InChI is InChI=1S/C27H31N5S/c1-3-4-5-6-13-20-33-26-25(21(2)32(31-26)23-16-11-8-12-17-23)24-18-19-28-27(30-24)29-22-14-9-7-10-15-22/h7-12,14-19H,3-6,13,20H2,1-2H3,(H,28,29,30). The molecule has 0 amide bonds. The Morgan fingerprint density at radius 1 is 0.879 bits per heavy atom. The van der Waals surface area contributed by atoms with Crippen LogP contribution in [-0.2, 0) is 0 Å². The van der Waals surface area contributed by atoms with Crippen molar-refractivity contribution in [3.63, 3.8) is 0 Å². The van der Waals surface area contributed by atoms with Gasteiger partial charge in [0, 0.05) is 11.9 Å². The summed E-state index contributed by atoms with van der Waals surface area (Å²) in [6.07, 6.45) is 8.17. The number of hydrogen-bond acceptors (Lipinski definition) is 5. The SMILES string of the molecule is CCCCCCCSc1nn(-c2ccccc2)c(C)c1-c1ccnc(Nc2ccccc2)n1. The minimum absolute atomic E-state index is 0.584. The molecule has 0 spiro atoms. The molecule has 0 radical (unpaired) electrons. The first-order valence-corrected chi connectivity index (χ1v) is 12.7. The van der Waals surface area contributed by atoms with Crippen LogP contribution in [0, 0.1) is 6.92 Å². The Hall–Kier alpha value is -3.12. The van der Waals surface area contributed by atoms with Gasteiger partial charge in [0.2, 0.25) is 5.95 Å². The molecule has 4 aromatic rings. The summed E-state index contributed by atoms with van der Waals surface area (Å²) < 4.78 is 2.03. The number of nitrogens with one attached hydrogen (secondary N) is 1. The van der Waals surface area contributed by atoms with E-state index in [2.05, 4.69) is 36.3 Å². The molecule has 0 aliphatic rings. The molecule has 2 aromatic heterocycles. The van der Waals surface area contributed by atoms with Crippen molar-refractivity contribution in [1.82, 2.24) is 19.7 Å². The van der Waals surface area contributed by atoms with E-state index in [0.29, 0.717) is 5.95 Å². The Labute approximate surface area is 200 Å². The second-order valence-electron chi connectivity index (χ2n) is 8.03. The van der Waals surface area contributed by atoms with Gasteiger partial charge in [-0.2, -0.15) is 5.10 Å². The first-order chi connectivity index (χ1) is 16.3. The van der Waals surface area contributed by atoms with Crippen LogP contribution >= 0.6 is 11.8 Å². The van der Waals surface area contributed by atoms with E-state index in [0.717, 1.165) is 39.1 Å². The minimum atomic E-state index is 0.584. The topological polar surface area (TPSA) is 55.6 Å². The van der Waals surface area contributed by atoms with E-state index >= 15 is 0 Å². The largest absolute Gasteiger partial charge is 0.324 e. The predicted molar refractivity (Wildman–Crippen MR) is 139 cm³/mol. The van der Waals surface area contributed by atoms with Gasteiger partial charge in [0.25, 0.3) is 0 Å². The summed E-state index contributed by atoms with van der Waals surface area (Å²) in [5.74, 6) is 1.64. The van der Waals surface area contributed by atoms with Crippen molar-refractivity contribution in [3.05, 3.63) is 78.6 Å². The highest BCUT2D eigenvalue weighted by molar-refractivity contribution is 7.99. The molecule has 33 heavy (non-hydrogen) atoms. The normalized spacial score (nSPS) is 11.0. The average molecular weight is 458 g/mol. The molecule has 170 valence electrons. The fourth-order valence-corrected chi connectivity index (χ4v) is 4.85. The highest BCUT2D eigenvalue weighted by atomic mass is 32.2. The monoisotopic (exact) mass is 457 g/mol. The Bertz CT molecular complexity index is 1140.